The molecule has 5 heteroatoms. The molecule has 2 rings (SSSR count). The summed E-state index contributed by atoms with van der Waals surface area (Å²) in [5.74, 6) is 5.57. The van der Waals surface area contributed by atoms with E-state index in [9.17, 15) is 0 Å². The molecule has 1 aromatic carbocycles. The average Bonchev–Trinajstić information content (AvgIpc) is 2.69. The number of rotatable bonds is 3. The van der Waals surface area contributed by atoms with Crippen LogP contribution in [0.25, 0.3) is 0 Å². The van der Waals surface area contributed by atoms with Gasteiger partial charge in [0.05, 0.1) is 16.7 Å². The van der Waals surface area contributed by atoms with Crippen molar-refractivity contribution in [3.05, 3.63) is 50.9 Å². The van der Waals surface area contributed by atoms with Gasteiger partial charge in [-0.1, -0.05) is 23.7 Å². The van der Waals surface area contributed by atoms with Crippen molar-refractivity contribution in [1.82, 2.24) is 10.4 Å². The van der Waals surface area contributed by atoms with Crippen LogP contribution in [-0.4, -0.2) is 4.98 Å². The van der Waals surface area contributed by atoms with Crippen molar-refractivity contribution in [3.8, 4) is 0 Å². The van der Waals surface area contributed by atoms with Gasteiger partial charge in [0, 0.05) is 10.4 Å². The van der Waals surface area contributed by atoms with Gasteiger partial charge in [0.1, 0.15) is 0 Å². The molecule has 16 heavy (non-hydrogen) atoms. The maximum atomic E-state index is 5.84. The Bertz CT molecular complexity index is 466. The van der Waals surface area contributed by atoms with Crippen LogP contribution in [0.1, 0.15) is 22.3 Å². The zero-order valence-electron chi connectivity index (χ0n) is 8.77. The highest BCUT2D eigenvalue weighted by Crippen LogP contribution is 2.23. The fourth-order valence-electron chi connectivity index (χ4n) is 1.52. The molecule has 2 aromatic rings. The molecule has 1 heterocycles. The maximum absolute atomic E-state index is 5.84. The fraction of sp³-hybridized carbons (Fsp3) is 0.182. The van der Waals surface area contributed by atoms with Crippen molar-refractivity contribution in [3.63, 3.8) is 0 Å². The van der Waals surface area contributed by atoms with Crippen molar-refractivity contribution < 1.29 is 0 Å². The molecule has 0 amide bonds. The van der Waals surface area contributed by atoms with Crippen molar-refractivity contribution in [2.24, 2.45) is 5.84 Å². The van der Waals surface area contributed by atoms with Gasteiger partial charge in [-0.05, 0) is 24.6 Å². The SMILES string of the molecule is Cc1nc(C(NN)c2ccc(Cl)cc2)cs1. The number of aromatic nitrogens is 1. The Morgan fingerprint density at radius 3 is 2.56 bits per heavy atom. The van der Waals surface area contributed by atoms with E-state index in [2.05, 4.69) is 10.4 Å². The molecule has 0 radical (unpaired) electrons. The molecule has 0 aliphatic heterocycles. The molecular formula is C11H12ClN3S. The molecule has 3 nitrogen and oxygen atoms in total. The molecule has 3 N–H and O–H groups in total. The average molecular weight is 254 g/mol. The Balaban J connectivity index is 2.32. The lowest BCUT2D eigenvalue weighted by atomic mass is 10.1. The lowest BCUT2D eigenvalue weighted by Crippen LogP contribution is -2.29. The van der Waals surface area contributed by atoms with Gasteiger partial charge in [0.25, 0.3) is 0 Å². The first-order chi connectivity index (χ1) is 7.70. The summed E-state index contributed by atoms with van der Waals surface area (Å²) in [5.41, 5.74) is 4.76. The number of hydrogen-bond donors (Lipinski definition) is 2. The lowest BCUT2D eigenvalue weighted by Gasteiger charge is -2.13. The highest BCUT2D eigenvalue weighted by Gasteiger charge is 2.14. The Kier molecular flexibility index (Phi) is 3.56. The van der Waals surface area contributed by atoms with E-state index in [1.165, 1.54) is 0 Å². The van der Waals surface area contributed by atoms with Crippen LogP contribution in [0.4, 0.5) is 0 Å². The molecular weight excluding hydrogens is 242 g/mol. The predicted octanol–water partition coefficient (Wildman–Crippen LogP) is 2.66. The van der Waals surface area contributed by atoms with E-state index in [0.717, 1.165) is 16.3 Å². The highest BCUT2D eigenvalue weighted by molar-refractivity contribution is 7.09. The number of nitrogens with two attached hydrogens (primary N) is 1. The molecule has 0 saturated carbocycles. The minimum atomic E-state index is -0.0813. The number of halogens is 1. The molecule has 1 aromatic heterocycles. The first-order valence-electron chi connectivity index (χ1n) is 4.84. The molecule has 0 fully saturated rings. The van der Waals surface area contributed by atoms with Crippen LogP contribution in [0, 0.1) is 6.92 Å². The van der Waals surface area contributed by atoms with Crippen molar-refractivity contribution >= 4 is 22.9 Å². The van der Waals surface area contributed by atoms with Gasteiger partial charge >= 0.3 is 0 Å². The molecule has 0 aliphatic rings. The standard InChI is InChI=1S/C11H12ClN3S/c1-7-14-10(6-16-7)11(15-13)8-2-4-9(12)5-3-8/h2-6,11,15H,13H2,1H3. The van der Waals surface area contributed by atoms with Crippen molar-refractivity contribution in [1.29, 1.82) is 0 Å². The predicted molar refractivity (Wildman–Crippen MR) is 67.5 cm³/mol. The number of nitrogens with zero attached hydrogens (tertiary/aromatic N) is 1. The molecule has 84 valence electrons. The summed E-state index contributed by atoms with van der Waals surface area (Å²) >= 11 is 7.46. The smallest absolute Gasteiger partial charge is 0.0898 e. The minimum absolute atomic E-state index is 0.0813. The Morgan fingerprint density at radius 1 is 1.38 bits per heavy atom. The summed E-state index contributed by atoms with van der Waals surface area (Å²) in [7, 11) is 0. The quantitative estimate of drug-likeness (QED) is 0.653. The summed E-state index contributed by atoms with van der Waals surface area (Å²) in [6, 6.07) is 7.51. The van der Waals surface area contributed by atoms with Gasteiger partial charge in [-0.3, -0.25) is 5.84 Å². The zero-order valence-corrected chi connectivity index (χ0v) is 10.3. The van der Waals surface area contributed by atoms with Crippen molar-refractivity contribution in [2.45, 2.75) is 13.0 Å². The zero-order chi connectivity index (χ0) is 11.5. The second-order valence-corrected chi connectivity index (χ2v) is 4.94. The second kappa shape index (κ2) is 4.93. The van der Waals surface area contributed by atoms with Gasteiger partial charge in [-0.15, -0.1) is 11.3 Å². The van der Waals surface area contributed by atoms with Crippen LogP contribution < -0.4 is 11.3 Å². The number of benzene rings is 1. The Labute approximate surface area is 103 Å². The normalized spacial score (nSPS) is 12.7. The third kappa shape index (κ3) is 2.41. The highest BCUT2D eigenvalue weighted by atomic mass is 35.5. The largest absolute Gasteiger partial charge is 0.271 e. The fourth-order valence-corrected chi connectivity index (χ4v) is 2.28. The first kappa shape index (κ1) is 11.5. The summed E-state index contributed by atoms with van der Waals surface area (Å²) in [5, 5.41) is 3.76. The van der Waals surface area contributed by atoms with E-state index in [4.69, 9.17) is 17.4 Å². The first-order valence-corrected chi connectivity index (χ1v) is 6.10. The summed E-state index contributed by atoms with van der Waals surface area (Å²) < 4.78 is 0. The molecule has 1 unspecified atom stereocenters. The molecule has 1 atom stereocenters. The number of nitrogens with one attached hydrogen (secondary N) is 1. The van der Waals surface area contributed by atoms with Gasteiger partial charge in [-0.2, -0.15) is 0 Å². The van der Waals surface area contributed by atoms with Crippen LogP contribution in [0.3, 0.4) is 0 Å². The van der Waals surface area contributed by atoms with Gasteiger partial charge in [-0.25, -0.2) is 10.4 Å². The third-order valence-electron chi connectivity index (χ3n) is 2.30. The molecule has 0 bridgehead atoms. The van der Waals surface area contributed by atoms with Crippen molar-refractivity contribution in [2.75, 3.05) is 0 Å². The summed E-state index contributed by atoms with van der Waals surface area (Å²) in [4.78, 5) is 4.42. The molecule has 0 spiro atoms. The lowest BCUT2D eigenvalue weighted by molar-refractivity contribution is 0.623. The third-order valence-corrected chi connectivity index (χ3v) is 3.35. The van der Waals surface area contributed by atoms with Crippen LogP contribution in [0.5, 0.6) is 0 Å². The number of hydrogen-bond acceptors (Lipinski definition) is 4. The van der Waals surface area contributed by atoms with Gasteiger partial charge in [0.15, 0.2) is 0 Å². The van der Waals surface area contributed by atoms with Gasteiger partial charge < -0.3 is 0 Å². The van der Waals surface area contributed by atoms with Crippen LogP contribution in [0.15, 0.2) is 29.6 Å². The number of aryl methyl sites for hydroxylation is 1. The Morgan fingerprint density at radius 2 is 2.06 bits per heavy atom. The Hall–Kier alpha value is -0.940. The monoisotopic (exact) mass is 253 g/mol. The van der Waals surface area contributed by atoms with E-state index in [-0.39, 0.29) is 6.04 Å². The molecule has 0 saturated heterocycles. The van der Waals surface area contributed by atoms with E-state index < -0.39 is 0 Å². The summed E-state index contributed by atoms with van der Waals surface area (Å²) in [6.45, 7) is 1.98. The number of hydrazine groups is 1. The topological polar surface area (TPSA) is 50.9 Å². The molecule has 0 aliphatic carbocycles. The van der Waals surface area contributed by atoms with Gasteiger partial charge in [0.2, 0.25) is 0 Å². The van der Waals surface area contributed by atoms with Crippen LogP contribution >= 0.6 is 22.9 Å². The second-order valence-electron chi connectivity index (χ2n) is 3.44. The number of thiazole rings is 1. The van der Waals surface area contributed by atoms with Crippen LogP contribution in [-0.2, 0) is 0 Å². The minimum Gasteiger partial charge on any atom is -0.271 e. The van der Waals surface area contributed by atoms with Crippen LogP contribution in [0.2, 0.25) is 5.02 Å². The van der Waals surface area contributed by atoms with E-state index in [1.807, 2.05) is 36.6 Å². The summed E-state index contributed by atoms with van der Waals surface area (Å²) in [6.07, 6.45) is 0. The maximum Gasteiger partial charge on any atom is 0.0898 e. The van der Waals surface area contributed by atoms with E-state index >= 15 is 0 Å². The van der Waals surface area contributed by atoms with E-state index in [0.29, 0.717) is 5.02 Å². The van der Waals surface area contributed by atoms with E-state index in [1.54, 1.807) is 11.3 Å².